The van der Waals surface area contributed by atoms with E-state index < -0.39 is 11.7 Å². The van der Waals surface area contributed by atoms with Crippen LogP contribution >= 0.6 is 24.0 Å². The molecule has 2 N–H and O–H groups in total. The van der Waals surface area contributed by atoms with Crippen LogP contribution in [0.15, 0.2) is 58.4 Å². The summed E-state index contributed by atoms with van der Waals surface area (Å²) in [6.45, 7) is 6.50. The average Bonchev–Trinajstić information content (AvgIpc) is 2.74. The predicted molar refractivity (Wildman–Crippen MR) is 134 cm³/mol. The molecule has 0 aliphatic heterocycles. The van der Waals surface area contributed by atoms with Crippen molar-refractivity contribution in [3.63, 3.8) is 0 Å². The molecule has 0 saturated heterocycles. The predicted octanol–water partition coefficient (Wildman–Crippen LogP) is 5.01. The molecule has 32 heavy (non-hydrogen) atoms. The molecule has 1 aromatic heterocycles. The molecule has 0 amide bonds. The Kier molecular flexibility index (Phi) is 12.4. The van der Waals surface area contributed by atoms with E-state index in [4.69, 9.17) is 0 Å². The molecule has 0 fully saturated rings. The van der Waals surface area contributed by atoms with Crippen LogP contribution in [-0.2, 0) is 12.7 Å². The quantitative estimate of drug-likeness (QED) is 0.185. The van der Waals surface area contributed by atoms with E-state index in [0.717, 1.165) is 18.9 Å². The number of unbranched alkanes of at least 4 members (excludes halogenated alkanes) is 1. The highest BCUT2D eigenvalue weighted by molar-refractivity contribution is 14.0. The summed E-state index contributed by atoms with van der Waals surface area (Å²) >= 11 is 0. The highest BCUT2D eigenvalue weighted by atomic mass is 127. The SMILES string of the molecule is CCNC(=NCCCCn1ccccc1=O)NCCC(C)c1cccc(C(F)(F)F)c1.I. The second-order valence-corrected chi connectivity index (χ2v) is 7.44. The Hall–Kier alpha value is -2.04. The number of aryl methyl sites for hydroxylation is 1. The van der Waals surface area contributed by atoms with Crippen molar-refractivity contribution in [3.05, 3.63) is 70.1 Å². The number of nitrogens with one attached hydrogen (secondary N) is 2. The summed E-state index contributed by atoms with van der Waals surface area (Å²) in [6.07, 6.45) is -0.170. The lowest BCUT2D eigenvalue weighted by Gasteiger charge is -2.16. The molecule has 0 spiro atoms. The normalized spacial score (nSPS) is 12.7. The number of rotatable bonds is 10. The molecule has 0 bridgehead atoms. The number of hydrogen-bond acceptors (Lipinski definition) is 2. The van der Waals surface area contributed by atoms with Crippen molar-refractivity contribution < 1.29 is 13.2 Å². The maximum absolute atomic E-state index is 12.9. The van der Waals surface area contributed by atoms with Crippen LogP contribution in [0.25, 0.3) is 0 Å². The van der Waals surface area contributed by atoms with Gasteiger partial charge in [0.25, 0.3) is 0 Å². The molecular weight excluding hydrogens is 532 g/mol. The summed E-state index contributed by atoms with van der Waals surface area (Å²) < 4.78 is 40.4. The highest BCUT2D eigenvalue weighted by Crippen LogP contribution is 2.31. The fourth-order valence-corrected chi connectivity index (χ4v) is 3.17. The van der Waals surface area contributed by atoms with E-state index in [1.165, 1.54) is 12.1 Å². The van der Waals surface area contributed by atoms with Gasteiger partial charge < -0.3 is 15.2 Å². The van der Waals surface area contributed by atoms with Crippen LogP contribution in [0, 0.1) is 0 Å². The lowest BCUT2D eigenvalue weighted by Crippen LogP contribution is -2.38. The zero-order chi connectivity index (χ0) is 22.7. The van der Waals surface area contributed by atoms with Crippen molar-refractivity contribution in [1.29, 1.82) is 0 Å². The van der Waals surface area contributed by atoms with Crippen LogP contribution < -0.4 is 16.2 Å². The van der Waals surface area contributed by atoms with Gasteiger partial charge in [-0.05, 0) is 49.8 Å². The molecule has 1 atom stereocenters. The number of aromatic nitrogens is 1. The zero-order valence-electron chi connectivity index (χ0n) is 18.5. The summed E-state index contributed by atoms with van der Waals surface area (Å²) in [5.41, 5.74) is 0.0584. The molecule has 5 nitrogen and oxygen atoms in total. The smallest absolute Gasteiger partial charge is 0.357 e. The van der Waals surface area contributed by atoms with E-state index >= 15 is 0 Å². The molecule has 0 aliphatic carbocycles. The molecule has 2 aromatic rings. The van der Waals surface area contributed by atoms with Crippen LogP contribution in [0.5, 0.6) is 0 Å². The van der Waals surface area contributed by atoms with Crippen molar-refractivity contribution >= 4 is 29.9 Å². The third-order valence-electron chi connectivity index (χ3n) is 4.97. The van der Waals surface area contributed by atoms with Gasteiger partial charge >= 0.3 is 6.18 Å². The van der Waals surface area contributed by atoms with Crippen molar-refractivity contribution in [3.8, 4) is 0 Å². The number of alkyl halides is 3. The third kappa shape index (κ3) is 9.62. The molecule has 1 aromatic carbocycles. The molecule has 1 heterocycles. The molecule has 0 aliphatic rings. The lowest BCUT2D eigenvalue weighted by atomic mass is 9.96. The molecule has 178 valence electrons. The number of nitrogens with zero attached hydrogens (tertiary/aromatic N) is 2. The van der Waals surface area contributed by atoms with Crippen molar-refractivity contribution in [2.24, 2.45) is 4.99 Å². The maximum atomic E-state index is 12.9. The van der Waals surface area contributed by atoms with Gasteiger partial charge in [0.05, 0.1) is 5.56 Å². The Morgan fingerprint density at radius 2 is 1.91 bits per heavy atom. The Labute approximate surface area is 204 Å². The lowest BCUT2D eigenvalue weighted by molar-refractivity contribution is -0.137. The molecular formula is C23H32F3IN4O. The van der Waals surface area contributed by atoms with Crippen molar-refractivity contribution in [2.45, 2.75) is 51.7 Å². The first-order valence-corrected chi connectivity index (χ1v) is 10.7. The Morgan fingerprint density at radius 1 is 1.12 bits per heavy atom. The first kappa shape index (κ1) is 28.0. The van der Waals surface area contributed by atoms with Gasteiger partial charge in [0.2, 0.25) is 5.56 Å². The fraction of sp³-hybridized carbons (Fsp3) is 0.478. The largest absolute Gasteiger partial charge is 0.416 e. The van der Waals surface area contributed by atoms with Crippen LogP contribution in [0.1, 0.15) is 50.2 Å². The van der Waals surface area contributed by atoms with E-state index in [2.05, 4.69) is 15.6 Å². The molecule has 2 rings (SSSR count). The summed E-state index contributed by atoms with van der Waals surface area (Å²) in [4.78, 5) is 16.2. The minimum absolute atomic E-state index is 0. The number of guanidine groups is 1. The van der Waals surface area contributed by atoms with Gasteiger partial charge in [0.1, 0.15) is 0 Å². The second kappa shape index (κ2) is 14.2. The molecule has 0 radical (unpaired) electrons. The number of pyridine rings is 1. The second-order valence-electron chi connectivity index (χ2n) is 7.44. The average molecular weight is 564 g/mol. The minimum Gasteiger partial charge on any atom is -0.357 e. The standard InChI is InChI=1S/C23H31F3N4O.HI/c1-3-27-22(28-13-5-7-16-30-15-6-4-11-21(30)31)29-14-12-18(2)19-9-8-10-20(17-19)23(24,25)26;/h4,6,8-11,15,17-18H,3,5,7,12-14,16H2,1-2H3,(H2,27,28,29);1H. The maximum Gasteiger partial charge on any atom is 0.416 e. The van der Waals surface area contributed by atoms with Gasteiger partial charge in [-0.25, -0.2) is 0 Å². The first-order chi connectivity index (χ1) is 14.8. The number of hydrogen-bond donors (Lipinski definition) is 2. The van der Waals surface area contributed by atoms with Crippen molar-refractivity contribution in [2.75, 3.05) is 19.6 Å². The van der Waals surface area contributed by atoms with E-state index in [-0.39, 0.29) is 35.5 Å². The summed E-state index contributed by atoms with van der Waals surface area (Å²) in [5.74, 6) is 0.678. The minimum atomic E-state index is -4.33. The summed E-state index contributed by atoms with van der Waals surface area (Å²) in [6, 6.07) is 10.6. The molecule has 1 unspecified atom stereocenters. The van der Waals surface area contributed by atoms with E-state index in [0.29, 0.717) is 44.1 Å². The first-order valence-electron chi connectivity index (χ1n) is 10.7. The van der Waals surface area contributed by atoms with Gasteiger partial charge in [0.15, 0.2) is 5.96 Å². The van der Waals surface area contributed by atoms with Gasteiger partial charge in [-0.3, -0.25) is 9.79 Å². The number of aliphatic imine (C=N–C) groups is 1. The van der Waals surface area contributed by atoms with E-state index in [9.17, 15) is 18.0 Å². The number of halogens is 4. The van der Waals surface area contributed by atoms with Crippen molar-refractivity contribution in [1.82, 2.24) is 15.2 Å². The topological polar surface area (TPSA) is 58.4 Å². The monoisotopic (exact) mass is 564 g/mol. The van der Waals surface area contributed by atoms with Gasteiger partial charge in [0, 0.05) is 38.4 Å². The van der Waals surface area contributed by atoms with Gasteiger partial charge in [-0.2, -0.15) is 13.2 Å². The summed E-state index contributed by atoms with van der Waals surface area (Å²) in [7, 11) is 0. The Balaban J connectivity index is 0.00000512. The highest BCUT2D eigenvalue weighted by Gasteiger charge is 2.30. The Bertz CT molecular complexity index is 899. The number of benzene rings is 1. The van der Waals surface area contributed by atoms with E-state index in [1.807, 2.05) is 19.9 Å². The Morgan fingerprint density at radius 3 is 2.59 bits per heavy atom. The molecule has 0 saturated carbocycles. The zero-order valence-corrected chi connectivity index (χ0v) is 20.8. The van der Waals surface area contributed by atoms with E-state index in [1.54, 1.807) is 29.0 Å². The summed E-state index contributed by atoms with van der Waals surface area (Å²) in [5, 5.41) is 6.42. The van der Waals surface area contributed by atoms with Gasteiger partial charge in [-0.1, -0.05) is 31.2 Å². The third-order valence-corrected chi connectivity index (χ3v) is 4.97. The van der Waals surface area contributed by atoms with Gasteiger partial charge in [-0.15, -0.1) is 24.0 Å². The van der Waals surface area contributed by atoms with Crippen LogP contribution in [-0.4, -0.2) is 30.2 Å². The van der Waals surface area contributed by atoms with Crippen LogP contribution in [0.4, 0.5) is 13.2 Å². The fourth-order valence-electron chi connectivity index (χ4n) is 3.17. The van der Waals surface area contributed by atoms with Crippen LogP contribution in [0.3, 0.4) is 0 Å². The molecule has 9 heteroatoms. The van der Waals surface area contributed by atoms with Crippen LogP contribution in [0.2, 0.25) is 0 Å².